The lowest BCUT2D eigenvalue weighted by atomic mass is 9.79. The van der Waals surface area contributed by atoms with Gasteiger partial charge in [0.2, 0.25) is 0 Å². The lowest BCUT2D eigenvalue weighted by molar-refractivity contribution is -0.957. The fourth-order valence-corrected chi connectivity index (χ4v) is 5.60. The molecule has 1 aromatic carbocycles. The first-order valence-electron chi connectivity index (χ1n) is 10.3. The average Bonchev–Trinajstić information content (AvgIpc) is 2.67. The topological polar surface area (TPSA) is 67.7 Å². The molecule has 1 saturated heterocycles. The van der Waals surface area contributed by atoms with E-state index >= 15 is 0 Å². The molecule has 0 atom stereocenters. The zero-order valence-corrected chi connectivity index (χ0v) is 17.2. The van der Waals surface area contributed by atoms with Crippen LogP contribution in [0.4, 0.5) is 0 Å². The highest BCUT2D eigenvalue weighted by atomic mass is 32.2. The molecule has 0 spiro atoms. The maximum Gasteiger partial charge on any atom is 0.251 e. The van der Waals surface area contributed by atoms with E-state index in [1.54, 1.807) is 29.2 Å². The fourth-order valence-electron chi connectivity index (χ4n) is 4.80. The molecule has 1 saturated carbocycles. The van der Waals surface area contributed by atoms with Crippen LogP contribution in [0.3, 0.4) is 0 Å². The third-order valence-corrected chi connectivity index (χ3v) is 7.11. The van der Waals surface area contributed by atoms with Crippen molar-refractivity contribution in [1.29, 1.82) is 0 Å². The minimum absolute atomic E-state index is 0.0102. The van der Waals surface area contributed by atoms with Crippen LogP contribution < -0.4 is 10.2 Å². The van der Waals surface area contributed by atoms with E-state index in [2.05, 4.69) is 5.32 Å². The Labute approximate surface area is 163 Å². The van der Waals surface area contributed by atoms with Crippen molar-refractivity contribution in [1.82, 2.24) is 5.32 Å². The van der Waals surface area contributed by atoms with Crippen molar-refractivity contribution >= 4 is 15.7 Å². The fraction of sp³-hybridized carbons (Fsp3) is 0.667. The summed E-state index contributed by atoms with van der Waals surface area (Å²) in [6.45, 7) is 3.21. The monoisotopic (exact) mass is 393 g/mol. The van der Waals surface area contributed by atoms with Crippen molar-refractivity contribution in [3.8, 4) is 0 Å². The van der Waals surface area contributed by atoms with Crippen LogP contribution in [0.2, 0.25) is 0 Å². The van der Waals surface area contributed by atoms with E-state index in [0.717, 1.165) is 12.1 Å². The number of likely N-dealkylation sites (tertiary alicyclic amines) is 1. The van der Waals surface area contributed by atoms with E-state index < -0.39 is 9.84 Å². The molecule has 1 heterocycles. The first kappa shape index (κ1) is 20.3. The number of hydrogen-bond donors (Lipinski definition) is 2. The number of quaternary nitrogens is 1. The first-order valence-corrected chi connectivity index (χ1v) is 12.3. The Morgan fingerprint density at radius 3 is 2.19 bits per heavy atom. The Morgan fingerprint density at radius 1 is 1.00 bits per heavy atom. The van der Waals surface area contributed by atoms with Gasteiger partial charge in [-0.15, -0.1) is 0 Å². The molecule has 0 radical (unpaired) electrons. The lowest BCUT2D eigenvalue weighted by Gasteiger charge is -2.45. The number of sulfone groups is 1. The zero-order chi connectivity index (χ0) is 19.3. The van der Waals surface area contributed by atoms with Crippen molar-refractivity contribution < 1.29 is 18.1 Å². The highest BCUT2D eigenvalue weighted by molar-refractivity contribution is 7.89. The molecule has 1 aromatic rings. The predicted molar refractivity (Wildman–Crippen MR) is 108 cm³/mol. The number of benzene rings is 1. The van der Waals surface area contributed by atoms with E-state index in [0.29, 0.717) is 5.56 Å². The number of piperidine rings is 1. The van der Waals surface area contributed by atoms with Gasteiger partial charge in [0.15, 0.2) is 9.84 Å². The summed E-state index contributed by atoms with van der Waals surface area (Å²) in [5.74, 6) is -0.0432. The second kappa shape index (κ2) is 8.74. The van der Waals surface area contributed by atoms with Crippen LogP contribution >= 0.6 is 0 Å². The van der Waals surface area contributed by atoms with Gasteiger partial charge in [0.05, 0.1) is 25.4 Å². The molecule has 0 unspecified atom stereocenters. The van der Waals surface area contributed by atoms with Gasteiger partial charge in [-0.05, 0) is 49.8 Å². The summed E-state index contributed by atoms with van der Waals surface area (Å²) >= 11 is 0. The summed E-state index contributed by atoms with van der Waals surface area (Å²) in [7, 11) is -3.06. The number of nitrogens with one attached hydrogen (secondary N) is 2. The summed E-state index contributed by atoms with van der Waals surface area (Å²) in [4.78, 5) is 14.4. The molecule has 1 amide bonds. The van der Waals surface area contributed by atoms with Gasteiger partial charge in [0.1, 0.15) is 5.54 Å². The lowest BCUT2D eigenvalue weighted by Crippen LogP contribution is -3.22. The molecule has 2 N–H and O–H groups in total. The van der Waals surface area contributed by atoms with Crippen molar-refractivity contribution in [2.75, 3.05) is 25.9 Å². The molecule has 1 aliphatic heterocycles. The molecule has 150 valence electrons. The van der Waals surface area contributed by atoms with E-state index in [-0.39, 0.29) is 17.2 Å². The minimum Gasteiger partial charge on any atom is -0.346 e. The maximum atomic E-state index is 12.7. The van der Waals surface area contributed by atoms with Crippen LogP contribution in [0.25, 0.3) is 0 Å². The largest absolute Gasteiger partial charge is 0.346 e. The molecular formula is C21H33N2O3S+. The van der Waals surface area contributed by atoms with Crippen molar-refractivity contribution in [2.45, 2.75) is 62.7 Å². The van der Waals surface area contributed by atoms with E-state index in [9.17, 15) is 13.2 Å². The first-order chi connectivity index (χ1) is 12.9. The smallest absolute Gasteiger partial charge is 0.251 e. The Balaban J connectivity index is 1.63. The van der Waals surface area contributed by atoms with Crippen LogP contribution in [0.15, 0.2) is 24.3 Å². The van der Waals surface area contributed by atoms with Crippen LogP contribution in [-0.2, 0) is 15.6 Å². The van der Waals surface area contributed by atoms with Gasteiger partial charge in [0, 0.05) is 24.7 Å². The normalized spacial score (nSPS) is 20.9. The molecule has 2 fully saturated rings. The van der Waals surface area contributed by atoms with Crippen LogP contribution in [0.1, 0.15) is 67.3 Å². The molecular weight excluding hydrogens is 360 g/mol. The molecule has 0 aromatic heterocycles. The van der Waals surface area contributed by atoms with Gasteiger partial charge < -0.3 is 10.2 Å². The van der Waals surface area contributed by atoms with Gasteiger partial charge in [-0.2, -0.15) is 0 Å². The summed E-state index contributed by atoms with van der Waals surface area (Å²) in [5.41, 5.74) is 1.52. The third-order valence-electron chi connectivity index (χ3n) is 6.25. The predicted octanol–water partition coefficient (Wildman–Crippen LogP) is 1.73. The molecule has 3 rings (SSSR count). The average molecular weight is 394 g/mol. The van der Waals surface area contributed by atoms with Gasteiger partial charge in [0.25, 0.3) is 5.91 Å². The molecule has 6 heteroatoms. The quantitative estimate of drug-likeness (QED) is 0.774. The Morgan fingerprint density at radius 2 is 1.59 bits per heavy atom. The number of carbonyl (C=O) groups excluding carboxylic acids is 1. The van der Waals surface area contributed by atoms with Gasteiger partial charge >= 0.3 is 0 Å². The zero-order valence-electron chi connectivity index (χ0n) is 16.4. The van der Waals surface area contributed by atoms with Crippen molar-refractivity contribution in [3.05, 3.63) is 35.4 Å². The van der Waals surface area contributed by atoms with Crippen molar-refractivity contribution in [3.63, 3.8) is 0 Å². The van der Waals surface area contributed by atoms with E-state index in [4.69, 9.17) is 0 Å². The molecule has 2 aliphatic rings. The van der Waals surface area contributed by atoms with Gasteiger partial charge in [-0.1, -0.05) is 18.6 Å². The van der Waals surface area contributed by atoms with E-state index in [1.807, 2.05) is 0 Å². The van der Waals surface area contributed by atoms with Gasteiger partial charge in [-0.3, -0.25) is 4.79 Å². The maximum absolute atomic E-state index is 12.7. The highest BCUT2D eigenvalue weighted by Gasteiger charge is 2.42. The molecule has 0 bridgehead atoms. The summed E-state index contributed by atoms with van der Waals surface area (Å²) in [6, 6.07) is 6.94. The van der Waals surface area contributed by atoms with Crippen LogP contribution in [0, 0.1) is 0 Å². The van der Waals surface area contributed by atoms with Crippen molar-refractivity contribution in [2.24, 2.45) is 0 Å². The molecule has 27 heavy (non-hydrogen) atoms. The van der Waals surface area contributed by atoms with E-state index in [1.165, 1.54) is 70.7 Å². The highest BCUT2D eigenvalue weighted by Crippen LogP contribution is 2.26. The second-order valence-electron chi connectivity index (χ2n) is 8.45. The summed E-state index contributed by atoms with van der Waals surface area (Å²) in [6.07, 6.45) is 11.4. The Hall–Kier alpha value is -1.40. The number of hydrogen-bond acceptors (Lipinski definition) is 3. The number of amides is 1. The molecule has 5 nitrogen and oxygen atoms in total. The minimum atomic E-state index is -3.06. The standard InChI is InChI=1S/C21H32N2O3S/c1-27(25,26)16-18-8-10-19(11-9-18)20(24)22-17-21(12-4-2-5-13-21)23-14-6-3-7-15-23/h8-11H,2-7,12-17H2,1H3,(H,22,24)/p+1. The summed E-state index contributed by atoms with van der Waals surface area (Å²) < 4.78 is 22.8. The van der Waals surface area contributed by atoms with Crippen LogP contribution in [0.5, 0.6) is 0 Å². The Bertz CT molecular complexity index is 731. The Kier molecular flexibility index (Phi) is 6.58. The second-order valence-corrected chi connectivity index (χ2v) is 10.6. The van der Waals surface area contributed by atoms with Gasteiger partial charge in [-0.25, -0.2) is 8.42 Å². The third kappa shape index (κ3) is 5.55. The molecule has 1 aliphatic carbocycles. The summed E-state index contributed by atoms with van der Waals surface area (Å²) in [5, 5.41) is 3.20. The number of carbonyl (C=O) groups is 1. The SMILES string of the molecule is CS(=O)(=O)Cc1ccc(C(=O)NCC2([NH+]3CCCCC3)CCCCC2)cc1. The van der Waals surface area contributed by atoms with Crippen LogP contribution in [-0.4, -0.2) is 45.8 Å². The number of rotatable bonds is 6.